The van der Waals surface area contributed by atoms with Crippen LogP contribution in [0.4, 0.5) is 0 Å². The number of halogens is 1. The lowest BCUT2D eigenvalue weighted by Crippen LogP contribution is -1.77. The van der Waals surface area contributed by atoms with Crippen molar-refractivity contribution in [2.45, 2.75) is 0 Å². The smallest absolute Gasteiger partial charge is 0.273 e. The van der Waals surface area contributed by atoms with Gasteiger partial charge in [0, 0.05) is 16.8 Å². The minimum Gasteiger partial charge on any atom is -0.273 e. The third-order valence-electron chi connectivity index (χ3n) is 0. The van der Waals surface area contributed by atoms with Crippen LogP contribution in [0.15, 0.2) is 0 Å². The Morgan fingerprint density at radius 1 is 1.50 bits per heavy atom. The van der Waals surface area contributed by atoms with Crippen molar-refractivity contribution >= 4 is 20.0 Å². The first kappa shape index (κ1) is 9.48. The molecule has 3 radical (unpaired) electrons. The predicted molar refractivity (Wildman–Crippen MR) is 19.5 cm³/mol. The molecule has 0 saturated carbocycles. The van der Waals surface area contributed by atoms with E-state index in [4.69, 9.17) is 13.0 Å². The van der Waals surface area contributed by atoms with Gasteiger partial charge in [-0.1, -0.05) is 0 Å². The highest BCUT2D eigenvalue weighted by atomic mass is 35.7. The van der Waals surface area contributed by atoms with Gasteiger partial charge in [-0.15, -0.1) is 0 Å². The third kappa shape index (κ3) is 1620. The van der Waals surface area contributed by atoms with Gasteiger partial charge < -0.3 is 0 Å². The average Bonchev–Trinajstić information content (AvgIpc) is 0.722. The quantitative estimate of drug-likeness (QED) is 0.356. The summed E-state index contributed by atoms with van der Waals surface area (Å²) in [7, 11) is -0.137. The molecule has 0 spiro atoms. The van der Waals surface area contributed by atoms with Crippen LogP contribution in [-0.4, -0.2) is 13.0 Å². The average molecular weight is 131 g/mol. The lowest BCUT2D eigenvalue weighted by Gasteiger charge is -1.65. The van der Waals surface area contributed by atoms with Gasteiger partial charge in [0.25, 0.3) is 0 Å². The number of hydrogen-bond donors (Lipinski definition) is 1. The minimum atomic E-state index is -4.19. The van der Waals surface area contributed by atoms with E-state index in [1.807, 2.05) is 0 Å². The third-order valence-corrected chi connectivity index (χ3v) is 0. The summed E-state index contributed by atoms with van der Waals surface area (Å²) in [5, 5.41) is 0. The normalized spacial score (nSPS) is 9.67. The zero-order valence-electron chi connectivity index (χ0n) is 2.50. The minimum absolute atomic E-state index is 0. The largest absolute Gasteiger partial charge is 0.353 e. The second kappa shape index (κ2) is 2.35. The van der Waals surface area contributed by atoms with E-state index in [2.05, 4.69) is 10.7 Å². The molecule has 0 heterocycles. The van der Waals surface area contributed by atoms with Crippen molar-refractivity contribution in [1.82, 2.24) is 6.15 Å². The van der Waals surface area contributed by atoms with E-state index in [-0.39, 0.29) is 6.15 Å². The zero-order valence-corrected chi connectivity index (χ0v) is 4.07. The van der Waals surface area contributed by atoms with E-state index in [0.29, 0.717) is 0 Å². The highest BCUT2D eigenvalue weighted by Crippen LogP contribution is 1.82. The summed E-state index contributed by atoms with van der Waals surface area (Å²) in [5.74, 6) is 0. The van der Waals surface area contributed by atoms with Crippen molar-refractivity contribution in [3.63, 3.8) is 0 Å². The molecule has 0 saturated heterocycles. The highest BCUT2D eigenvalue weighted by Gasteiger charge is 1.86. The van der Waals surface area contributed by atoms with Crippen LogP contribution in [0.5, 0.6) is 0 Å². The van der Waals surface area contributed by atoms with E-state index in [9.17, 15) is 0 Å². The number of rotatable bonds is 0. The molecular weight excluding hydrogens is 130 g/mol. The topological polar surface area (TPSA) is 84.9 Å². The molecule has 4 nitrogen and oxygen atoms in total. The summed E-state index contributed by atoms with van der Waals surface area (Å²) in [6.45, 7) is 0. The predicted octanol–water partition coefficient (Wildman–Crippen LogP) is -0.453. The Balaban J connectivity index is 0. The van der Waals surface area contributed by atoms with E-state index >= 15 is 0 Å². The van der Waals surface area contributed by atoms with Crippen molar-refractivity contribution < 1.29 is 13.0 Å². The monoisotopic (exact) mass is 130 g/mol. The van der Waals surface area contributed by atoms with Crippen LogP contribution in [-0.2, 0) is 9.33 Å². The molecule has 37 valence electrons. The highest BCUT2D eigenvalue weighted by molar-refractivity contribution is 8.09. The SMILES string of the molecule is O=S(=O)(O)Cl.[N]. The van der Waals surface area contributed by atoms with Gasteiger partial charge in [-0.2, -0.15) is 8.42 Å². The maximum Gasteiger partial charge on any atom is 0.353 e. The molecule has 0 unspecified atom stereocenters. The fourth-order valence-corrected chi connectivity index (χ4v) is 0. The summed E-state index contributed by atoms with van der Waals surface area (Å²) in [6.07, 6.45) is 0. The van der Waals surface area contributed by atoms with Crippen LogP contribution in [0.25, 0.3) is 0 Å². The lowest BCUT2D eigenvalue weighted by molar-refractivity contribution is 0.501. The molecule has 0 aliphatic heterocycles. The van der Waals surface area contributed by atoms with Crippen LogP contribution in [0.2, 0.25) is 0 Å². The summed E-state index contributed by atoms with van der Waals surface area (Å²) < 4.78 is 25.2. The van der Waals surface area contributed by atoms with E-state index in [1.54, 1.807) is 0 Å². The standard InChI is InChI=1S/ClHO3S.N/c1-5(2,3)4;/h(H,2,3,4);. The molecule has 0 aromatic carbocycles. The van der Waals surface area contributed by atoms with Crippen molar-refractivity contribution in [1.29, 1.82) is 0 Å². The molecule has 0 amide bonds. The molecule has 0 aliphatic carbocycles. The van der Waals surface area contributed by atoms with Gasteiger partial charge in [-0.25, -0.2) is 0 Å². The van der Waals surface area contributed by atoms with Gasteiger partial charge in [0.1, 0.15) is 0 Å². The summed E-state index contributed by atoms with van der Waals surface area (Å²) in [4.78, 5) is 0. The van der Waals surface area contributed by atoms with Crippen molar-refractivity contribution in [3.05, 3.63) is 0 Å². The molecule has 0 aliphatic rings. The molecule has 0 atom stereocenters. The summed E-state index contributed by atoms with van der Waals surface area (Å²) in [6, 6.07) is 0. The Bertz CT molecular complexity index is 94.0. The van der Waals surface area contributed by atoms with Crippen LogP contribution in [0.1, 0.15) is 0 Å². The second-order valence-electron chi connectivity index (χ2n) is 0.412. The van der Waals surface area contributed by atoms with Crippen LogP contribution < -0.4 is 6.15 Å². The van der Waals surface area contributed by atoms with E-state index in [1.165, 1.54) is 0 Å². The first-order valence-corrected chi connectivity index (χ1v) is 2.94. The number of hydrogen-bond acceptors (Lipinski definition) is 2. The molecule has 6 heavy (non-hydrogen) atoms. The molecule has 1 N–H and O–H groups in total. The van der Waals surface area contributed by atoms with Gasteiger partial charge in [-0.3, -0.25) is 4.55 Å². The Morgan fingerprint density at radius 2 is 1.50 bits per heavy atom. The van der Waals surface area contributed by atoms with E-state index < -0.39 is 9.33 Å². The van der Waals surface area contributed by atoms with Crippen molar-refractivity contribution in [2.75, 3.05) is 0 Å². The zero-order chi connectivity index (χ0) is 4.50. The first-order valence-electron chi connectivity index (χ1n) is 0.670. The first-order chi connectivity index (χ1) is 2.00. The Kier molecular flexibility index (Phi) is 3.72. The molecule has 0 bridgehead atoms. The molecule has 0 aromatic rings. The molecule has 0 fully saturated rings. The maximum atomic E-state index is 8.95. The van der Waals surface area contributed by atoms with Crippen molar-refractivity contribution in [3.8, 4) is 0 Å². The molecule has 0 aromatic heterocycles. The molecular formula is HClNO3S. The summed E-state index contributed by atoms with van der Waals surface area (Å²) in [5.41, 5.74) is 0. The Hall–Kier alpha value is 0.160. The lowest BCUT2D eigenvalue weighted by atomic mass is 14.0. The van der Waals surface area contributed by atoms with Crippen LogP contribution in [0, 0.1) is 0 Å². The van der Waals surface area contributed by atoms with Gasteiger partial charge >= 0.3 is 9.33 Å². The Morgan fingerprint density at radius 3 is 1.50 bits per heavy atom. The van der Waals surface area contributed by atoms with Crippen LogP contribution >= 0.6 is 10.7 Å². The van der Waals surface area contributed by atoms with Gasteiger partial charge in [0.2, 0.25) is 0 Å². The fourth-order valence-electron chi connectivity index (χ4n) is 0. The maximum absolute atomic E-state index is 8.95. The number of nitrogens with zero attached hydrogens (tertiary/aromatic N) is 1. The van der Waals surface area contributed by atoms with E-state index in [0.717, 1.165) is 0 Å². The van der Waals surface area contributed by atoms with Gasteiger partial charge in [-0.05, 0) is 0 Å². The van der Waals surface area contributed by atoms with Crippen LogP contribution in [0.3, 0.4) is 0 Å². The second-order valence-corrected chi connectivity index (χ2v) is 2.41. The molecule has 6 heteroatoms. The molecule has 0 rings (SSSR count). The summed E-state index contributed by atoms with van der Waals surface area (Å²) >= 11 is 0. The van der Waals surface area contributed by atoms with Crippen molar-refractivity contribution in [2.24, 2.45) is 0 Å². The van der Waals surface area contributed by atoms with Gasteiger partial charge in [0.05, 0.1) is 0 Å². The van der Waals surface area contributed by atoms with Gasteiger partial charge in [0.15, 0.2) is 0 Å². The Labute approximate surface area is 39.9 Å². The fraction of sp³-hybridized carbons (Fsp3) is 0.